The van der Waals surface area contributed by atoms with E-state index in [1.54, 1.807) is 35.9 Å². The first-order valence-corrected chi connectivity index (χ1v) is 12.0. The Balaban J connectivity index is 1.34. The van der Waals surface area contributed by atoms with Gasteiger partial charge in [-0.05, 0) is 37.1 Å². The average molecular weight is 516 g/mol. The summed E-state index contributed by atoms with van der Waals surface area (Å²) < 4.78 is 48.3. The van der Waals surface area contributed by atoms with Crippen LogP contribution in [0, 0.1) is 0 Å². The van der Waals surface area contributed by atoms with E-state index in [0.717, 1.165) is 16.3 Å². The fraction of sp³-hybridized carbons (Fsp3) is 0.292. The Morgan fingerprint density at radius 3 is 2.58 bits per heavy atom. The van der Waals surface area contributed by atoms with E-state index < -0.39 is 17.5 Å². The number of nitrogens with one attached hydrogen (secondary N) is 1. The van der Waals surface area contributed by atoms with Crippen molar-refractivity contribution >= 4 is 17.2 Å². The Labute approximate surface area is 207 Å². The fourth-order valence-electron chi connectivity index (χ4n) is 4.01. The van der Waals surface area contributed by atoms with Gasteiger partial charge in [0.2, 0.25) is 5.82 Å². The van der Waals surface area contributed by atoms with E-state index in [9.17, 15) is 18.0 Å². The third kappa shape index (κ3) is 5.00. The van der Waals surface area contributed by atoms with Crippen LogP contribution in [0.3, 0.4) is 0 Å². The van der Waals surface area contributed by atoms with Gasteiger partial charge in [0.15, 0.2) is 0 Å². The molecule has 1 saturated heterocycles. The minimum atomic E-state index is -4.74. The van der Waals surface area contributed by atoms with Crippen LogP contribution in [-0.4, -0.2) is 45.8 Å². The summed E-state index contributed by atoms with van der Waals surface area (Å²) in [5, 5.41) is 9.28. The number of ether oxygens (including phenoxy) is 1. The molecule has 0 bridgehead atoms. The summed E-state index contributed by atoms with van der Waals surface area (Å²) in [6, 6.07) is 9.86. The number of aromatic nitrogens is 4. The number of hydrogen-bond acceptors (Lipinski definition) is 8. The van der Waals surface area contributed by atoms with Crippen LogP contribution in [0.1, 0.15) is 34.1 Å². The Hall–Kier alpha value is -3.64. The molecule has 36 heavy (non-hydrogen) atoms. The van der Waals surface area contributed by atoms with Crippen molar-refractivity contribution in [2.45, 2.75) is 24.4 Å². The van der Waals surface area contributed by atoms with Gasteiger partial charge in [-0.15, -0.1) is 11.3 Å². The second-order valence-corrected chi connectivity index (χ2v) is 9.21. The average Bonchev–Trinajstić information content (AvgIpc) is 3.60. The van der Waals surface area contributed by atoms with Gasteiger partial charge in [0.1, 0.15) is 5.01 Å². The molecule has 0 unspecified atom stereocenters. The lowest BCUT2D eigenvalue weighted by molar-refractivity contribution is -0.159. The molecule has 0 saturated carbocycles. The summed E-state index contributed by atoms with van der Waals surface area (Å²) in [5.74, 6) is -2.05. The molecule has 8 nitrogen and oxygen atoms in total. The lowest BCUT2D eigenvalue weighted by Gasteiger charge is -2.35. The molecule has 0 spiro atoms. The van der Waals surface area contributed by atoms with Crippen molar-refractivity contribution in [2.75, 3.05) is 19.8 Å². The zero-order chi connectivity index (χ0) is 25.2. The molecule has 1 amide bonds. The van der Waals surface area contributed by atoms with Crippen molar-refractivity contribution in [1.82, 2.24) is 25.4 Å². The summed E-state index contributed by atoms with van der Waals surface area (Å²) in [5.41, 5.74) is 1.93. The smallest absolute Gasteiger partial charge is 0.381 e. The number of thiazole rings is 1. The monoisotopic (exact) mass is 515 g/mol. The van der Waals surface area contributed by atoms with Gasteiger partial charge in [-0.1, -0.05) is 17.3 Å². The van der Waals surface area contributed by atoms with Crippen molar-refractivity contribution in [3.05, 3.63) is 70.6 Å². The minimum absolute atomic E-state index is 0.240. The SMILES string of the molecule is O=C(NCC1(c2nc(-c3ccncc3)cs2)CCOCC1)c1cccc(-c2noc(C(F)(F)F)n2)c1. The van der Waals surface area contributed by atoms with Crippen LogP contribution in [-0.2, 0) is 16.3 Å². The molecule has 1 fully saturated rings. The van der Waals surface area contributed by atoms with Gasteiger partial charge in [0.05, 0.1) is 5.69 Å². The first-order chi connectivity index (χ1) is 17.3. The maximum atomic E-state index is 13.0. The largest absolute Gasteiger partial charge is 0.471 e. The summed E-state index contributed by atoms with van der Waals surface area (Å²) >= 11 is 1.54. The summed E-state index contributed by atoms with van der Waals surface area (Å²) in [4.78, 5) is 25.3. The molecular formula is C24H20F3N5O3S. The molecule has 3 aromatic heterocycles. The standard InChI is InChI=1S/C24H20F3N5O3S/c25-24(26,27)21-31-19(32-35-21)16-2-1-3-17(12-16)20(33)29-14-23(6-10-34-11-7-23)22-30-18(13-36-22)15-4-8-28-9-5-15/h1-5,8-9,12-13H,6-7,10-11,14H2,(H,29,33). The molecule has 0 aliphatic carbocycles. The number of carbonyl (C=O) groups is 1. The number of benzene rings is 1. The predicted molar refractivity (Wildman–Crippen MR) is 124 cm³/mol. The molecule has 5 rings (SSSR count). The molecule has 4 aromatic rings. The summed E-state index contributed by atoms with van der Waals surface area (Å²) in [7, 11) is 0. The van der Waals surface area contributed by atoms with Gasteiger partial charge in [-0.25, -0.2) is 4.98 Å². The second kappa shape index (κ2) is 9.78. The number of halogens is 3. The van der Waals surface area contributed by atoms with Crippen LogP contribution in [0.5, 0.6) is 0 Å². The van der Waals surface area contributed by atoms with Crippen molar-refractivity contribution in [3.8, 4) is 22.6 Å². The van der Waals surface area contributed by atoms with Crippen LogP contribution >= 0.6 is 11.3 Å². The molecule has 186 valence electrons. The highest BCUT2D eigenvalue weighted by Gasteiger charge is 2.39. The topological polar surface area (TPSA) is 103 Å². The van der Waals surface area contributed by atoms with Crippen LogP contribution in [0.25, 0.3) is 22.6 Å². The molecular weight excluding hydrogens is 495 g/mol. The summed E-state index contributed by atoms with van der Waals surface area (Å²) in [6.07, 6.45) is 0.0710. The quantitative estimate of drug-likeness (QED) is 0.395. The molecule has 1 aromatic carbocycles. The number of pyridine rings is 1. The van der Waals surface area contributed by atoms with Gasteiger partial charge in [0, 0.05) is 59.6 Å². The van der Waals surface area contributed by atoms with Crippen molar-refractivity contribution in [1.29, 1.82) is 0 Å². The number of amides is 1. The van der Waals surface area contributed by atoms with Crippen LogP contribution in [0.2, 0.25) is 0 Å². The van der Waals surface area contributed by atoms with E-state index in [0.29, 0.717) is 32.6 Å². The number of hydrogen-bond donors (Lipinski definition) is 1. The second-order valence-electron chi connectivity index (χ2n) is 8.35. The van der Waals surface area contributed by atoms with E-state index in [2.05, 4.69) is 25.0 Å². The minimum Gasteiger partial charge on any atom is -0.381 e. The van der Waals surface area contributed by atoms with E-state index >= 15 is 0 Å². The first kappa shape index (κ1) is 24.1. The zero-order valence-corrected chi connectivity index (χ0v) is 19.6. The van der Waals surface area contributed by atoms with Gasteiger partial charge in [0.25, 0.3) is 5.91 Å². The first-order valence-electron chi connectivity index (χ1n) is 11.1. The van der Waals surface area contributed by atoms with Crippen molar-refractivity contribution in [3.63, 3.8) is 0 Å². The van der Waals surface area contributed by atoms with Crippen molar-refractivity contribution < 1.29 is 27.2 Å². The molecule has 1 N–H and O–H groups in total. The van der Waals surface area contributed by atoms with Gasteiger partial charge >= 0.3 is 12.1 Å². The van der Waals surface area contributed by atoms with E-state index in [1.807, 2.05) is 17.5 Å². The van der Waals surface area contributed by atoms with Crippen LogP contribution in [0.15, 0.2) is 58.7 Å². The highest BCUT2D eigenvalue weighted by Crippen LogP contribution is 2.38. The number of nitrogens with zero attached hydrogens (tertiary/aromatic N) is 4. The van der Waals surface area contributed by atoms with E-state index in [-0.39, 0.29) is 22.9 Å². The lowest BCUT2D eigenvalue weighted by atomic mass is 9.80. The van der Waals surface area contributed by atoms with Gasteiger partial charge in [-0.2, -0.15) is 18.2 Å². The van der Waals surface area contributed by atoms with E-state index in [1.165, 1.54) is 12.1 Å². The number of alkyl halides is 3. The Morgan fingerprint density at radius 2 is 1.86 bits per heavy atom. The maximum absolute atomic E-state index is 13.0. The fourth-order valence-corrected chi connectivity index (χ4v) is 5.10. The molecule has 1 aliphatic rings. The molecule has 1 aliphatic heterocycles. The zero-order valence-electron chi connectivity index (χ0n) is 18.8. The number of carbonyl (C=O) groups excluding carboxylic acids is 1. The lowest BCUT2D eigenvalue weighted by Crippen LogP contribution is -2.44. The highest BCUT2D eigenvalue weighted by atomic mass is 32.1. The Morgan fingerprint density at radius 1 is 1.08 bits per heavy atom. The summed E-state index contributed by atoms with van der Waals surface area (Å²) in [6.45, 7) is 1.44. The predicted octanol–water partition coefficient (Wildman–Crippen LogP) is 4.75. The van der Waals surface area contributed by atoms with Gasteiger partial charge < -0.3 is 14.6 Å². The van der Waals surface area contributed by atoms with Crippen molar-refractivity contribution in [2.24, 2.45) is 0 Å². The highest BCUT2D eigenvalue weighted by molar-refractivity contribution is 7.10. The third-order valence-electron chi connectivity index (χ3n) is 6.02. The Bertz CT molecular complexity index is 1350. The van der Waals surface area contributed by atoms with Gasteiger partial charge in [-0.3, -0.25) is 9.78 Å². The van der Waals surface area contributed by atoms with E-state index in [4.69, 9.17) is 9.72 Å². The number of rotatable bonds is 6. The Kier molecular flexibility index (Phi) is 6.54. The maximum Gasteiger partial charge on any atom is 0.471 e. The molecule has 0 radical (unpaired) electrons. The molecule has 12 heteroatoms. The normalized spacial score (nSPS) is 15.5. The van der Waals surface area contributed by atoms with Crippen LogP contribution < -0.4 is 5.32 Å². The molecule has 4 heterocycles. The molecule has 0 atom stereocenters. The van der Waals surface area contributed by atoms with Crippen LogP contribution in [0.4, 0.5) is 13.2 Å². The third-order valence-corrected chi connectivity index (χ3v) is 7.11.